The molecule has 1 rings (SSSR count). The predicted molar refractivity (Wildman–Crippen MR) is 65.1 cm³/mol. The molecular weight excluding hydrogens is 292 g/mol. The van der Waals surface area contributed by atoms with Crippen LogP contribution in [0.25, 0.3) is 0 Å². The Kier molecular flexibility index (Phi) is 4.47. The Balaban J connectivity index is 2.97. The van der Waals surface area contributed by atoms with Gasteiger partial charge in [-0.05, 0) is 24.6 Å². The van der Waals surface area contributed by atoms with E-state index < -0.39 is 16.1 Å². The summed E-state index contributed by atoms with van der Waals surface area (Å²) >= 11 is 3.27. The third kappa shape index (κ3) is 3.59. The van der Waals surface area contributed by atoms with Crippen molar-refractivity contribution in [1.82, 2.24) is 4.72 Å². The minimum Gasteiger partial charge on any atom is -0.212 e. The van der Waals surface area contributed by atoms with E-state index in [1.54, 1.807) is 18.2 Å². The molecule has 0 aliphatic carbocycles. The van der Waals surface area contributed by atoms with Crippen molar-refractivity contribution in [3.8, 4) is 6.07 Å². The van der Waals surface area contributed by atoms with E-state index in [9.17, 15) is 8.42 Å². The van der Waals surface area contributed by atoms with E-state index in [0.29, 0.717) is 5.56 Å². The third-order valence-corrected chi connectivity index (χ3v) is 3.84. The molecule has 0 radical (unpaired) electrons. The summed E-state index contributed by atoms with van der Waals surface area (Å²) in [6.07, 6.45) is 0. The van der Waals surface area contributed by atoms with Crippen molar-refractivity contribution < 1.29 is 8.42 Å². The Morgan fingerprint density at radius 2 is 2.25 bits per heavy atom. The molecule has 1 atom stereocenters. The van der Waals surface area contributed by atoms with Gasteiger partial charge in [0, 0.05) is 4.47 Å². The Labute approximate surface area is 103 Å². The largest absolute Gasteiger partial charge is 0.212 e. The molecule has 4 nitrogen and oxygen atoms in total. The zero-order valence-electron chi connectivity index (χ0n) is 8.64. The molecule has 0 aromatic heterocycles. The molecular formula is C10H11BrN2O2S. The molecule has 86 valence electrons. The molecule has 0 aliphatic rings. The van der Waals surface area contributed by atoms with Crippen LogP contribution < -0.4 is 4.72 Å². The van der Waals surface area contributed by atoms with E-state index in [0.717, 1.165) is 4.47 Å². The second kappa shape index (κ2) is 5.43. The first-order valence-corrected chi connectivity index (χ1v) is 7.08. The van der Waals surface area contributed by atoms with Gasteiger partial charge in [-0.2, -0.15) is 9.98 Å². The summed E-state index contributed by atoms with van der Waals surface area (Å²) in [7, 11) is -3.38. The van der Waals surface area contributed by atoms with Crippen molar-refractivity contribution in [2.45, 2.75) is 13.0 Å². The van der Waals surface area contributed by atoms with E-state index in [1.165, 1.54) is 6.92 Å². The fourth-order valence-electron chi connectivity index (χ4n) is 1.12. The smallest absolute Gasteiger partial charge is 0.212 e. The van der Waals surface area contributed by atoms with Crippen LogP contribution in [0.4, 0.5) is 0 Å². The standard InChI is InChI=1S/C10H11BrN2O2S/c1-2-16(14,15)13-10(7-12)8-4-3-5-9(11)6-8/h3-6,10,13H,2H2,1H3. The van der Waals surface area contributed by atoms with E-state index in [4.69, 9.17) is 5.26 Å². The van der Waals surface area contributed by atoms with Crippen LogP contribution in [0, 0.1) is 11.3 Å². The maximum absolute atomic E-state index is 11.4. The third-order valence-electron chi connectivity index (χ3n) is 1.99. The molecule has 0 aliphatic heterocycles. The van der Waals surface area contributed by atoms with E-state index in [-0.39, 0.29) is 5.75 Å². The molecule has 0 saturated carbocycles. The molecule has 1 aromatic rings. The lowest BCUT2D eigenvalue weighted by atomic mass is 10.1. The first kappa shape index (κ1) is 13.2. The van der Waals surface area contributed by atoms with Crippen LogP contribution in [-0.4, -0.2) is 14.2 Å². The molecule has 1 unspecified atom stereocenters. The highest BCUT2D eigenvalue weighted by Crippen LogP contribution is 2.18. The molecule has 0 amide bonds. The molecule has 0 fully saturated rings. The van der Waals surface area contributed by atoms with Gasteiger partial charge in [0.1, 0.15) is 6.04 Å². The van der Waals surface area contributed by atoms with Gasteiger partial charge in [0.15, 0.2) is 0 Å². The summed E-state index contributed by atoms with van der Waals surface area (Å²) < 4.78 is 25.8. The average molecular weight is 303 g/mol. The molecule has 0 bridgehead atoms. The minimum atomic E-state index is -3.38. The minimum absolute atomic E-state index is 0.0425. The first-order chi connectivity index (χ1) is 7.48. The SMILES string of the molecule is CCS(=O)(=O)NC(C#N)c1cccc(Br)c1. The van der Waals surface area contributed by atoms with Crippen molar-refractivity contribution in [3.05, 3.63) is 34.3 Å². The fraction of sp³-hybridized carbons (Fsp3) is 0.300. The quantitative estimate of drug-likeness (QED) is 0.924. The van der Waals surface area contributed by atoms with Gasteiger partial charge in [-0.25, -0.2) is 8.42 Å². The summed E-state index contributed by atoms with van der Waals surface area (Å²) in [5.41, 5.74) is 0.619. The van der Waals surface area contributed by atoms with Crippen LogP contribution in [0.1, 0.15) is 18.5 Å². The van der Waals surface area contributed by atoms with Crippen LogP contribution in [0.15, 0.2) is 28.7 Å². The highest BCUT2D eigenvalue weighted by atomic mass is 79.9. The summed E-state index contributed by atoms with van der Waals surface area (Å²) in [4.78, 5) is 0. The Hall–Kier alpha value is -0.900. The van der Waals surface area contributed by atoms with Gasteiger partial charge < -0.3 is 0 Å². The van der Waals surface area contributed by atoms with Crippen LogP contribution in [-0.2, 0) is 10.0 Å². The van der Waals surface area contributed by atoms with Crippen molar-refractivity contribution in [2.75, 3.05) is 5.75 Å². The Bertz CT molecular complexity index is 508. The van der Waals surface area contributed by atoms with Gasteiger partial charge in [0.2, 0.25) is 10.0 Å². The lowest BCUT2D eigenvalue weighted by Gasteiger charge is -2.11. The number of benzene rings is 1. The monoisotopic (exact) mass is 302 g/mol. The van der Waals surface area contributed by atoms with Crippen LogP contribution in [0.3, 0.4) is 0 Å². The van der Waals surface area contributed by atoms with Gasteiger partial charge in [-0.15, -0.1) is 0 Å². The second-order valence-electron chi connectivity index (χ2n) is 3.14. The number of nitrogens with one attached hydrogen (secondary N) is 1. The van der Waals surface area contributed by atoms with Gasteiger partial charge in [-0.1, -0.05) is 28.1 Å². The number of hydrogen-bond acceptors (Lipinski definition) is 3. The second-order valence-corrected chi connectivity index (χ2v) is 6.10. The number of rotatable bonds is 4. The normalized spacial score (nSPS) is 13.1. The van der Waals surface area contributed by atoms with E-state index >= 15 is 0 Å². The molecule has 0 heterocycles. The van der Waals surface area contributed by atoms with Crippen molar-refractivity contribution in [2.24, 2.45) is 0 Å². The van der Waals surface area contributed by atoms with Crippen LogP contribution in [0.2, 0.25) is 0 Å². The highest BCUT2D eigenvalue weighted by molar-refractivity contribution is 9.10. The number of hydrogen-bond donors (Lipinski definition) is 1. The Morgan fingerprint density at radius 3 is 2.75 bits per heavy atom. The first-order valence-electron chi connectivity index (χ1n) is 4.63. The number of nitrogens with zero attached hydrogens (tertiary/aromatic N) is 1. The van der Waals surface area contributed by atoms with Gasteiger partial charge >= 0.3 is 0 Å². The number of halogens is 1. The zero-order valence-corrected chi connectivity index (χ0v) is 11.0. The molecule has 16 heavy (non-hydrogen) atoms. The van der Waals surface area contributed by atoms with Crippen molar-refractivity contribution in [1.29, 1.82) is 5.26 Å². The lowest BCUT2D eigenvalue weighted by Crippen LogP contribution is -2.29. The molecule has 0 spiro atoms. The molecule has 0 saturated heterocycles. The summed E-state index contributed by atoms with van der Waals surface area (Å²) in [5, 5.41) is 8.94. The molecule has 1 aromatic carbocycles. The highest BCUT2D eigenvalue weighted by Gasteiger charge is 2.17. The van der Waals surface area contributed by atoms with Crippen LogP contribution in [0.5, 0.6) is 0 Å². The topological polar surface area (TPSA) is 70.0 Å². The maximum Gasteiger partial charge on any atom is 0.212 e. The van der Waals surface area contributed by atoms with Gasteiger partial charge in [0.25, 0.3) is 0 Å². The van der Waals surface area contributed by atoms with Crippen molar-refractivity contribution in [3.63, 3.8) is 0 Å². The fourth-order valence-corrected chi connectivity index (χ4v) is 2.25. The average Bonchev–Trinajstić information content (AvgIpc) is 2.26. The number of sulfonamides is 1. The summed E-state index contributed by atoms with van der Waals surface area (Å²) in [6.45, 7) is 1.53. The van der Waals surface area contributed by atoms with Crippen LogP contribution >= 0.6 is 15.9 Å². The summed E-state index contributed by atoms with van der Waals surface area (Å²) in [5.74, 6) is -0.0425. The lowest BCUT2D eigenvalue weighted by molar-refractivity contribution is 0.576. The number of nitriles is 1. The molecule has 6 heteroatoms. The predicted octanol–water partition coefficient (Wildman–Crippen LogP) is 1.95. The zero-order chi connectivity index (χ0) is 12.2. The van der Waals surface area contributed by atoms with Gasteiger partial charge in [0.05, 0.1) is 11.8 Å². The Morgan fingerprint density at radius 1 is 1.56 bits per heavy atom. The van der Waals surface area contributed by atoms with E-state index in [1.807, 2.05) is 12.1 Å². The molecule has 1 N–H and O–H groups in total. The summed E-state index contributed by atoms with van der Waals surface area (Å²) in [6, 6.07) is 8.07. The van der Waals surface area contributed by atoms with E-state index in [2.05, 4.69) is 20.7 Å². The van der Waals surface area contributed by atoms with Crippen molar-refractivity contribution >= 4 is 26.0 Å². The maximum atomic E-state index is 11.4. The van der Waals surface area contributed by atoms with Gasteiger partial charge in [-0.3, -0.25) is 0 Å².